The molecule has 0 radical (unpaired) electrons. The van der Waals surface area contributed by atoms with E-state index >= 15 is 0 Å². The van der Waals surface area contributed by atoms with Crippen LogP contribution in [-0.2, 0) is 11.8 Å². The van der Waals surface area contributed by atoms with Gasteiger partial charge in [-0.2, -0.15) is 0 Å². The molecule has 2 aromatic rings. The first-order chi connectivity index (χ1) is 7.95. The number of H-pyrrole nitrogens is 1. The molecule has 2 heterocycles. The maximum absolute atomic E-state index is 5.22. The fourth-order valence-corrected chi connectivity index (χ4v) is 2.51. The summed E-state index contributed by atoms with van der Waals surface area (Å²) in [4.78, 5) is 9.08. The van der Waals surface area contributed by atoms with E-state index in [-0.39, 0.29) is 5.41 Å². The highest BCUT2D eigenvalue weighted by atomic mass is 32.1. The molecule has 2 rings (SSSR count). The van der Waals surface area contributed by atoms with Crippen molar-refractivity contribution in [3.8, 4) is 0 Å². The molecule has 0 saturated carbocycles. The van der Waals surface area contributed by atoms with Crippen molar-refractivity contribution < 1.29 is 0 Å². The first-order valence-corrected chi connectivity index (χ1v) is 6.87. The van der Waals surface area contributed by atoms with Crippen molar-refractivity contribution in [1.29, 1.82) is 0 Å². The standard InChI is InChI=1S/C13H16N2S2/c1-13(2,3)10-8-12(16)15-11(14-10)7-9-5-4-6-17-9/h4-6,8H,7H2,1-3H3,(H,14,15,16). The molecule has 0 saturated heterocycles. The Morgan fingerprint density at radius 1 is 1.41 bits per heavy atom. The Labute approximate surface area is 111 Å². The molecule has 17 heavy (non-hydrogen) atoms. The molecule has 0 bridgehead atoms. The predicted molar refractivity (Wildman–Crippen MR) is 75.2 cm³/mol. The molecular weight excluding hydrogens is 248 g/mol. The first kappa shape index (κ1) is 12.5. The number of hydrogen-bond donors (Lipinski definition) is 1. The van der Waals surface area contributed by atoms with Gasteiger partial charge in [0.1, 0.15) is 10.5 Å². The van der Waals surface area contributed by atoms with Crippen LogP contribution in [0.4, 0.5) is 0 Å². The van der Waals surface area contributed by atoms with Crippen LogP contribution in [0.15, 0.2) is 23.6 Å². The fourth-order valence-electron chi connectivity index (χ4n) is 1.57. The molecule has 0 aliphatic rings. The van der Waals surface area contributed by atoms with Crippen LogP contribution >= 0.6 is 23.6 Å². The lowest BCUT2D eigenvalue weighted by molar-refractivity contribution is 0.562. The van der Waals surface area contributed by atoms with Crippen LogP contribution in [0.2, 0.25) is 0 Å². The molecule has 2 nitrogen and oxygen atoms in total. The summed E-state index contributed by atoms with van der Waals surface area (Å²) in [7, 11) is 0. The maximum Gasteiger partial charge on any atom is 0.130 e. The topological polar surface area (TPSA) is 28.7 Å². The molecule has 4 heteroatoms. The highest BCUT2D eigenvalue weighted by Crippen LogP contribution is 2.21. The molecule has 0 fully saturated rings. The summed E-state index contributed by atoms with van der Waals surface area (Å²) in [6.07, 6.45) is 0.825. The number of rotatable bonds is 2. The molecule has 0 aromatic carbocycles. The highest BCUT2D eigenvalue weighted by Gasteiger charge is 2.15. The highest BCUT2D eigenvalue weighted by molar-refractivity contribution is 7.71. The van der Waals surface area contributed by atoms with Gasteiger partial charge in [-0.15, -0.1) is 11.3 Å². The summed E-state index contributed by atoms with van der Waals surface area (Å²) in [5.74, 6) is 0.949. The van der Waals surface area contributed by atoms with Gasteiger partial charge in [-0.1, -0.05) is 39.1 Å². The molecule has 0 aliphatic carbocycles. The second-order valence-electron chi connectivity index (χ2n) is 5.09. The van der Waals surface area contributed by atoms with E-state index in [0.29, 0.717) is 4.64 Å². The third kappa shape index (κ3) is 3.23. The van der Waals surface area contributed by atoms with Gasteiger partial charge in [-0.25, -0.2) is 4.98 Å². The fraction of sp³-hybridized carbons (Fsp3) is 0.385. The second-order valence-corrected chi connectivity index (χ2v) is 6.54. The average molecular weight is 264 g/mol. The minimum atomic E-state index is 0.0701. The molecule has 90 valence electrons. The van der Waals surface area contributed by atoms with Crippen LogP contribution in [0, 0.1) is 4.64 Å². The number of hydrogen-bond acceptors (Lipinski definition) is 3. The largest absolute Gasteiger partial charge is 0.346 e. The van der Waals surface area contributed by atoms with E-state index < -0.39 is 0 Å². The molecular formula is C13H16N2S2. The van der Waals surface area contributed by atoms with Crippen molar-refractivity contribution in [3.63, 3.8) is 0 Å². The van der Waals surface area contributed by atoms with Crippen molar-refractivity contribution in [1.82, 2.24) is 9.97 Å². The summed E-state index contributed by atoms with van der Waals surface area (Å²) in [6, 6.07) is 6.13. The Bertz CT molecular complexity index is 548. The van der Waals surface area contributed by atoms with Crippen LogP contribution in [-0.4, -0.2) is 9.97 Å². The van der Waals surface area contributed by atoms with Gasteiger partial charge >= 0.3 is 0 Å². The smallest absolute Gasteiger partial charge is 0.130 e. The van der Waals surface area contributed by atoms with Gasteiger partial charge in [-0.3, -0.25) is 0 Å². The SMILES string of the molecule is CC(C)(C)c1cc(=S)nc(Cc2cccs2)[nH]1. The monoisotopic (exact) mass is 264 g/mol. The van der Waals surface area contributed by atoms with Gasteiger partial charge in [0, 0.05) is 22.4 Å². The summed E-state index contributed by atoms with van der Waals surface area (Å²) < 4.78 is 0.667. The Balaban J connectivity index is 2.36. The van der Waals surface area contributed by atoms with E-state index in [0.717, 1.165) is 17.9 Å². The lowest BCUT2D eigenvalue weighted by atomic mass is 9.92. The van der Waals surface area contributed by atoms with Crippen LogP contribution in [0.5, 0.6) is 0 Å². The first-order valence-electron chi connectivity index (χ1n) is 5.58. The van der Waals surface area contributed by atoms with Crippen molar-refractivity contribution in [2.75, 3.05) is 0 Å². The predicted octanol–water partition coefficient (Wildman–Crippen LogP) is 4.09. The normalized spacial score (nSPS) is 11.7. The van der Waals surface area contributed by atoms with E-state index in [1.807, 2.05) is 6.07 Å². The van der Waals surface area contributed by atoms with E-state index in [4.69, 9.17) is 12.2 Å². The number of aromatic nitrogens is 2. The minimum Gasteiger partial charge on any atom is -0.346 e. The van der Waals surface area contributed by atoms with Gasteiger partial charge in [0.05, 0.1) is 0 Å². The Morgan fingerprint density at radius 2 is 2.18 bits per heavy atom. The zero-order valence-electron chi connectivity index (χ0n) is 10.3. The van der Waals surface area contributed by atoms with Gasteiger partial charge in [0.2, 0.25) is 0 Å². The molecule has 0 spiro atoms. The van der Waals surface area contributed by atoms with Gasteiger partial charge in [-0.05, 0) is 17.5 Å². The average Bonchev–Trinajstić information content (AvgIpc) is 2.68. The third-order valence-electron chi connectivity index (χ3n) is 2.52. The molecule has 0 atom stereocenters. The van der Waals surface area contributed by atoms with Crippen molar-refractivity contribution in [2.45, 2.75) is 32.6 Å². The number of nitrogens with zero attached hydrogens (tertiary/aromatic N) is 1. The maximum atomic E-state index is 5.22. The summed E-state index contributed by atoms with van der Waals surface area (Å²) in [5, 5.41) is 2.08. The van der Waals surface area contributed by atoms with Crippen molar-refractivity contribution in [3.05, 3.63) is 44.6 Å². The zero-order valence-corrected chi connectivity index (χ0v) is 11.9. The Hall–Kier alpha value is -1.00. The number of aromatic amines is 1. The summed E-state index contributed by atoms with van der Waals surface area (Å²) >= 11 is 6.97. The quantitative estimate of drug-likeness (QED) is 0.828. The lowest BCUT2D eigenvalue weighted by Crippen LogP contribution is -2.15. The molecule has 0 aliphatic heterocycles. The zero-order chi connectivity index (χ0) is 12.5. The Kier molecular flexibility index (Phi) is 3.45. The second kappa shape index (κ2) is 4.70. The van der Waals surface area contributed by atoms with Crippen molar-refractivity contribution in [2.24, 2.45) is 0 Å². The van der Waals surface area contributed by atoms with Gasteiger partial charge in [0.25, 0.3) is 0 Å². The third-order valence-corrected chi connectivity index (χ3v) is 3.61. The molecule has 0 unspecified atom stereocenters. The molecule has 2 aromatic heterocycles. The summed E-state index contributed by atoms with van der Waals surface area (Å²) in [6.45, 7) is 6.51. The molecule has 1 N–H and O–H groups in total. The number of nitrogens with one attached hydrogen (secondary N) is 1. The van der Waals surface area contributed by atoms with Crippen LogP contribution in [0.3, 0.4) is 0 Å². The minimum absolute atomic E-state index is 0.0701. The van der Waals surface area contributed by atoms with E-state index in [1.165, 1.54) is 4.88 Å². The van der Waals surface area contributed by atoms with Crippen LogP contribution in [0.25, 0.3) is 0 Å². The van der Waals surface area contributed by atoms with E-state index in [2.05, 4.69) is 48.3 Å². The lowest BCUT2D eigenvalue weighted by Gasteiger charge is -2.19. The van der Waals surface area contributed by atoms with Crippen molar-refractivity contribution >= 4 is 23.6 Å². The van der Waals surface area contributed by atoms with Gasteiger partial charge < -0.3 is 4.98 Å². The van der Waals surface area contributed by atoms with E-state index in [9.17, 15) is 0 Å². The van der Waals surface area contributed by atoms with Crippen LogP contribution < -0.4 is 0 Å². The molecule has 0 amide bonds. The van der Waals surface area contributed by atoms with Crippen LogP contribution in [0.1, 0.15) is 37.2 Å². The Morgan fingerprint density at radius 3 is 2.76 bits per heavy atom. The van der Waals surface area contributed by atoms with Gasteiger partial charge in [0.15, 0.2) is 0 Å². The number of thiophene rings is 1. The van der Waals surface area contributed by atoms with E-state index in [1.54, 1.807) is 11.3 Å². The summed E-state index contributed by atoms with van der Waals surface area (Å²) in [5.41, 5.74) is 1.21.